The van der Waals surface area contributed by atoms with Crippen LogP contribution in [0.5, 0.6) is 0 Å². The van der Waals surface area contributed by atoms with E-state index < -0.39 is 5.60 Å². The van der Waals surface area contributed by atoms with Gasteiger partial charge in [0.2, 0.25) is 0 Å². The second-order valence-electron chi connectivity index (χ2n) is 3.55. The van der Waals surface area contributed by atoms with Gasteiger partial charge in [-0.15, -0.1) is 0 Å². The zero-order valence-electron chi connectivity index (χ0n) is 9.22. The Balaban J connectivity index is 0. The SMILES string of the molecule is CCC(O)(CC)C(C)=NC(C)C.[Tb]. The van der Waals surface area contributed by atoms with Crippen LogP contribution in [-0.2, 0) is 0 Å². The first-order valence-corrected chi connectivity index (χ1v) is 4.73. The zero-order chi connectivity index (χ0) is 9.78. The van der Waals surface area contributed by atoms with Gasteiger partial charge < -0.3 is 5.11 Å². The minimum atomic E-state index is -0.676. The third-order valence-corrected chi connectivity index (χ3v) is 2.30. The Morgan fingerprint density at radius 2 is 1.69 bits per heavy atom. The van der Waals surface area contributed by atoms with Gasteiger partial charge in [-0.25, -0.2) is 0 Å². The molecule has 0 rings (SSSR count). The van der Waals surface area contributed by atoms with E-state index >= 15 is 0 Å². The zero-order valence-corrected chi connectivity index (χ0v) is 11.4. The van der Waals surface area contributed by atoms with Gasteiger partial charge in [-0.2, -0.15) is 0 Å². The van der Waals surface area contributed by atoms with Crippen molar-refractivity contribution in [1.82, 2.24) is 0 Å². The van der Waals surface area contributed by atoms with Crippen LogP contribution in [0.2, 0.25) is 0 Å². The topological polar surface area (TPSA) is 32.6 Å². The molecule has 0 aliphatic rings. The van der Waals surface area contributed by atoms with Gasteiger partial charge in [-0.05, 0) is 33.6 Å². The van der Waals surface area contributed by atoms with Crippen LogP contribution in [0.1, 0.15) is 47.5 Å². The molecule has 1 radical (unpaired) electrons. The third-order valence-electron chi connectivity index (χ3n) is 2.30. The fourth-order valence-electron chi connectivity index (χ4n) is 1.27. The van der Waals surface area contributed by atoms with Crippen molar-refractivity contribution in [3.8, 4) is 0 Å². The van der Waals surface area contributed by atoms with Crippen molar-refractivity contribution < 1.29 is 43.7 Å². The minimum absolute atomic E-state index is 0. The molecule has 0 aliphatic heterocycles. The van der Waals surface area contributed by atoms with Crippen LogP contribution >= 0.6 is 0 Å². The molecule has 0 fully saturated rings. The smallest absolute Gasteiger partial charge is 0.101 e. The molecule has 3 heteroatoms. The summed E-state index contributed by atoms with van der Waals surface area (Å²) in [6, 6.07) is 0.273. The van der Waals surface area contributed by atoms with Gasteiger partial charge in [0.05, 0.1) is 0 Å². The maximum atomic E-state index is 10.0. The monoisotopic (exact) mass is 330 g/mol. The number of nitrogens with zero attached hydrogens (tertiary/aromatic N) is 1. The second-order valence-corrected chi connectivity index (χ2v) is 3.55. The van der Waals surface area contributed by atoms with E-state index in [1.54, 1.807) is 0 Å². The predicted molar refractivity (Wildman–Crippen MR) is 53.8 cm³/mol. The molecule has 0 unspecified atom stereocenters. The maximum Gasteiger partial charge on any atom is 0.101 e. The van der Waals surface area contributed by atoms with Crippen LogP contribution in [-0.4, -0.2) is 22.5 Å². The van der Waals surface area contributed by atoms with Crippen molar-refractivity contribution in [2.24, 2.45) is 4.99 Å². The minimum Gasteiger partial charge on any atom is -0.384 e. The van der Waals surface area contributed by atoms with E-state index in [9.17, 15) is 5.11 Å². The van der Waals surface area contributed by atoms with Crippen LogP contribution in [0.4, 0.5) is 0 Å². The van der Waals surface area contributed by atoms with Crippen molar-refractivity contribution in [2.45, 2.75) is 59.1 Å². The third kappa shape index (κ3) is 5.38. The number of hydrogen-bond donors (Lipinski definition) is 1. The Hall–Kier alpha value is 0.916. The summed E-state index contributed by atoms with van der Waals surface area (Å²) in [7, 11) is 0. The van der Waals surface area contributed by atoms with Crippen molar-refractivity contribution in [2.75, 3.05) is 0 Å². The van der Waals surface area contributed by atoms with Gasteiger partial charge in [0.1, 0.15) is 5.60 Å². The Morgan fingerprint density at radius 1 is 1.31 bits per heavy atom. The summed E-state index contributed by atoms with van der Waals surface area (Å²) in [5, 5.41) is 10.0. The van der Waals surface area contributed by atoms with Crippen LogP contribution in [0.25, 0.3) is 0 Å². The molecule has 0 spiro atoms. The van der Waals surface area contributed by atoms with Gasteiger partial charge in [-0.3, -0.25) is 4.99 Å². The second kappa shape index (κ2) is 7.24. The van der Waals surface area contributed by atoms with Crippen molar-refractivity contribution in [1.29, 1.82) is 0 Å². The first kappa shape index (κ1) is 16.3. The van der Waals surface area contributed by atoms with Gasteiger partial charge in [-0.1, -0.05) is 13.8 Å². The molecule has 0 saturated heterocycles. The molecule has 0 bridgehead atoms. The van der Waals surface area contributed by atoms with E-state index in [0.717, 1.165) is 18.6 Å². The predicted octanol–water partition coefficient (Wildman–Crippen LogP) is 2.41. The summed E-state index contributed by atoms with van der Waals surface area (Å²) >= 11 is 0. The van der Waals surface area contributed by atoms with E-state index in [1.165, 1.54) is 0 Å². The van der Waals surface area contributed by atoms with E-state index in [1.807, 2.05) is 34.6 Å². The van der Waals surface area contributed by atoms with E-state index in [-0.39, 0.29) is 44.7 Å². The molecule has 0 heterocycles. The average molecular weight is 330 g/mol. The molecule has 0 atom stereocenters. The van der Waals surface area contributed by atoms with Gasteiger partial charge >= 0.3 is 0 Å². The van der Waals surface area contributed by atoms with Gasteiger partial charge in [0, 0.05) is 50.4 Å². The van der Waals surface area contributed by atoms with Crippen LogP contribution in [0.3, 0.4) is 0 Å². The molecule has 1 N–H and O–H groups in total. The summed E-state index contributed by atoms with van der Waals surface area (Å²) in [6.07, 6.45) is 1.48. The fraction of sp³-hybridized carbons (Fsp3) is 0.900. The van der Waals surface area contributed by atoms with E-state index in [0.29, 0.717) is 0 Å². The molecule has 0 amide bonds. The molecule has 81 valence electrons. The Morgan fingerprint density at radius 3 is 1.92 bits per heavy atom. The van der Waals surface area contributed by atoms with Crippen LogP contribution in [0.15, 0.2) is 4.99 Å². The fourth-order valence-corrected chi connectivity index (χ4v) is 1.27. The number of aliphatic hydroxyl groups is 1. The van der Waals surface area contributed by atoms with E-state index in [4.69, 9.17) is 0 Å². The molecule has 0 aromatic carbocycles. The largest absolute Gasteiger partial charge is 0.384 e. The maximum absolute atomic E-state index is 10.0. The molecule has 0 aliphatic carbocycles. The molecule has 0 aromatic heterocycles. The quantitative estimate of drug-likeness (QED) is 0.789. The first-order valence-electron chi connectivity index (χ1n) is 4.73. The number of rotatable bonds is 4. The Labute approximate surface area is 113 Å². The first-order chi connectivity index (χ1) is 5.46. The van der Waals surface area contributed by atoms with Gasteiger partial charge in [0.15, 0.2) is 0 Å². The van der Waals surface area contributed by atoms with Crippen molar-refractivity contribution in [3.05, 3.63) is 0 Å². The molecule has 13 heavy (non-hydrogen) atoms. The van der Waals surface area contributed by atoms with Crippen LogP contribution < -0.4 is 0 Å². The average Bonchev–Trinajstić information content (AvgIpc) is 2.02. The Kier molecular flexibility index (Phi) is 9.10. The summed E-state index contributed by atoms with van der Waals surface area (Å²) < 4.78 is 0. The van der Waals surface area contributed by atoms with Crippen LogP contribution in [0, 0.1) is 38.6 Å². The van der Waals surface area contributed by atoms with Crippen molar-refractivity contribution in [3.63, 3.8) is 0 Å². The summed E-state index contributed by atoms with van der Waals surface area (Å²) in [6.45, 7) is 9.93. The summed E-state index contributed by atoms with van der Waals surface area (Å²) in [5.41, 5.74) is 0.187. The standard InChI is InChI=1S/C10H21NO.Tb/c1-6-10(12,7-2)9(5)11-8(3)4;/h8,12H,6-7H2,1-5H3;. The van der Waals surface area contributed by atoms with Gasteiger partial charge in [0.25, 0.3) is 0 Å². The normalized spacial score (nSPS) is 13.0. The molecular formula is C10H21NOTb. The number of aliphatic imine (C=N–C) groups is 1. The molecule has 0 aromatic rings. The van der Waals surface area contributed by atoms with E-state index in [2.05, 4.69) is 4.99 Å². The summed E-state index contributed by atoms with van der Waals surface area (Å²) in [5.74, 6) is 0. The molecule has 2 nitrogen and oxygen atoms in total. The van der Waals surface area contributed by atoms with Crippen molar-refractivity contribution >= 4 is 5.71 Å². The Bertz CT molecular complexity index is 162. The number of hydrogen-bond acceptors (Lipinski definition) is 2. The molecular weight excluding hydrogens is 309 g/mol. The summed E-state index contributed by atoms with van der Waals surface area (Å²) in [4.78, 5) is 4.36. The molecule has 0 saturated carbocycles.